The third-order valence-electron chi connectivity index (χ3n) is 4.22. The molecule has 2 heterocycles. The summed E-state index contributed by atoms with van der Waals surface area (Å²) in [6, 6.07) is 20.3. The first-order valence-electron chi connectivity index (χ1n) is 8.40. The highest BCUT2D eigenvalue weighted by molar-refractivity contribution is 5.94. The Morgan fingerprint density at radius 3 is 2.78 bits per heavy atom. The maximum Gasteiger partial charge on any atom is 0.251 e. The highest BCUT2D eigenvalue weighted by atomic mass is 16.1. The summed E-state index contributed by atoms with van der Waals surface area (Å²) in [5, 5.41) is 11.8. The van der Waals surface area contributed by atoms with Gasteiger partial charge >= 0.3 is 0 Å². The van der Waals surface area contributed by atoms with Crippen LogP contribution in [0.2, 0.25) is 0 Å². The van der Waals surface area contributed by atoms with E-state index in [-0.39, 0.29) is 5.91 Å². The van der Waals surface area contributed by atoms with Crippen LogP contribution in [0.15, 0.2) is 73.2 Å². The van der Waals surface area contributed by atoms with Gasteiger partial charge in [-0.05, 0) is 42.0 Å². The van der Waals surface area contributed by atoms with Crippen LogP contribution in [0, 0.1) is 11.3 Å². The number of para-hydroxylation sites is 2. The van der Waals surface area contributed by atoms with Crippen LogP contribution in [0.1, 0.15) is 21.5 Å². The van der Waals surface area contributed by atoms with Crippen LogP contribution < -0.4 is 5.32 Å². The number of hydrogen-bond donors (Lipinski definition) is 1. The molecule has 27 heavy (non-hydrogen) atoms. The van der Waals surface area contributed by atoms with E-state index in [4.69, 9.17) is 5.26 Å². The number of hydrogen-bond acceptors (Lipinski definition) is 4. The maximum atomic E-state index is 12.2. The number of amides is 1. The molecule has 1 amide bonds. The van der Waals surface area contributed by atoms with Gasteiger partial charge in [-0.1, -0.05) is 24.3 Å². The lowest BCUT2D eigenvalue weighted by Gasteiger charge is -2.07. The summed E-state index contributed by atoms with van der Waals surface area (Å²) in [5.74, 6) is 0.539. The van der Waals surface area contributed by atoms with E-state index in [9.17, 15) is 4.79 Å². The first kappa shape index (κ1) is 16.5. The summed E-state index contributed by atoms with van der Waals surface area (Å²) in [4.78, 5) is 21.1. The Hall–Kier alpha value is -3.98. The van der Waals surface area contributed by atoms with Gasteiger partial charge in [0.15, 0.2) is 0 Å². The maximum absolute atomic E-state index is 12.2. The van der Waals surface area contributed by atoms with Crippen LogP contribution in [0.25, 0.3) is 16.9 Å². The molecule has 0 aliphatic rings. The predicted octanol–water partition coefficient (Wildman–Crippen LogP) is 3.22. The number of carbonyl (C=O) groups excluding carboxylic acids is 1. The van der Waals surface area contributed by atoms with Crippen LogP contribution in [0.5, 0.6) is 0 Å². The van der Waals surface area contributed by atoms with Crippen molar-refractivity contribution in [1.29, 1.82) is 5.26 Å². The summed E-state index contributed by atoms with van der Waals surface area (Å²) in [6.45, 7) is 0.355. The molecule has 4 aromatic rings. The number of fused-ring (bicyclic) bond motifs is 1. The number of nitriles is 1. The molecule has 0 bridgehead atoms. The van der Waals surface area contributed by atoms with Crippen molar-refractivity contribution < 1.29 is 4.79 Å². The van der Waals surface area contributed by atoms with Crippen molar-refractivity contribution in [2.75, 3.05) is 0 Å². The largest absolute Gasteiger partial charge is 0.348 e. The Morgan fingerprint density at radius 1 is 1.07 bits per heavy atom. The summed E-state index contributed by atoms with van der Waals surface area (Å²) in [6.07, 6.45) is 3.48. The van der Waals surface area contributed by atoms with Crippen LogP contribution >= 0.6 is 0 Å². The highest BCUT2D eigenvalue weighted by Gasteiger charge is 2.08. The van der Waals surface area contributed by atoms with Crippen LogP contribution in [0.3, 0.4) is 0 Å². The number of nitrogens with one attached hydrogen (secondary N) is 1. The predicted molar refractivity (Wildman–Crippen MR) is 101 cm³/mol. The third-order valence-corrected chi connectivity index (χ3v) is 4.22. The van der Waals surface area contributed by atoms with E-state index in [2.05, 4.69) is 15.3 Å². The van der Waals surface area contributed by atoms with Crippen molar-refractivity contribution in [2.24, 2.45) is 0 Å². The molecule has 0 saturated carbocycles. The van der Waals surface area contributed by atoms with Crippen molar-refractivity contribution in [3.63, 3.8) is 0 Å². The molecule has 0 fully saturated rings. The van der Waals surface area contributed by atoms with E-state index in [1.54, 1.807) is 36.8 Å². The Labute approximate surface area is 155 Å². The van der Waals surface area contributed by atoms with Crippen molar-refractivity contribution in [3.8, 4) is 11.9 Å². The third kappa shape index (κ3) is 3.39. The number of benzene rings is 2. The topological polar surface area (TPSA) is 83.6 Å². The van der Waals surface area contributed by atoms with Gasteiger partial charge in [0.25, 0.3) is 5.91 Å². The Morgan fingerprint density at radius 2 is 1.96 bits per heavy atom. The summed E-state index contributed by atoms with van der Waals surface area (Å²) < 4.78 is 1.92. The van der Waals surface area contributed by atoms with Gasteiger partial charge in [-0.15, -0.1) is 0 Å². The van der Waals surface area contributed by atoms with E-state index in [1.807, 2.05) is 47.0 Å². The second-order valence-corrected chi connectivity index (χ2v) is 6.00. The molecular weight excluding hydrogens is 338 g/mol. The first-order chi connectivity index (χ1) is 13.2. The summed E-state index contributed by atoms with van der Waals surface area (Å²) in [7, 11) is 0. The second kappa shape index (κ2) is 7.10. The summed E-state index contributed by atoms with van der Waals surface area (Å²) >= 11 is 0. The number of aromatic nitrogens is 3. The van der Waals surface area contributed by atoms with Crippen LogP contribution in [0.4, 0.5) is 0 Å². The first-order valence-corrected chi connectivity index (χ1v) is 8.40. The molecule has 0 spiro atoms. The number of rotatable bonds is 4. The number of nitrogens with zero attached hydrogens (tertiary/aromatic N) is 4. The van der Waals surface area contributed by atoms with Gasteiger partial charge in [0.1, 0.15) is 12.1 Å². The van der Waals surface area contributed by atoms with E-state index < -0.39 is 0 Å². The van der Waals surface area contributed by atoms with Gasteiger partial charge in [0, 0.05) is 18.3 Å². The van der Waals surface area contributed by atoms with Crippen molar-refractivity contribution in [2.45, 2.75) is 6.54 Å². The molecule has 6 nitrogen and oxygen atoms in total. The lowest BCUT2D eigenvalue weighted by atomic mass is 10.1. The molecule has 0 unspecified atom stereocenters. The monoisotopic (exact) mass is 353 g/mol. The molecular formula is C21H15N5O. The second-order valence-electron chi connectivity index (χ2n) is 6.00. The average Bonchev–Trinajstić information content (AvgIpc) is 3.16. The molecule has 2 aromatic carbocycles. The fourth-order valence-electron chi connectivity index (χ4n) is 2.82. The molecule has 1 N–H and O–H groups in total. The van der Waals surface area contributed by atoms with Gasteiger partial charge in [-0.25, -0.2) is 9.97 Å². The molecule has 130 valence electrons. The van der Waals surface area contributed by atoms with Crippen molar-refractivity contribution in [3.05, 3.63) is 89.9 Å². The van der Waals surface area contributed by atoms with Crippen LogP contribution in [-0.4, -0.2) is 20.4 Å². The minimum Gasteiger partial charge on any atom is -0.348 e. The van der Waals surface area contributed by atoms with Crippen LogP contribution in [-0.2, 0) is 6.54 Å². The SMILES string of the molecule is N#Cc1cccc(C(=O)NCc2ccc(-n3cnc4ccccc43)nc2)c1. The van der Waals surface area contributed by atoms with Crippen molar-refractivity contribution in [1.82, 2.24) is 19.9 Å². The van der Waals surface area contributed by atoms with Gasteiger partial charge < -0.3 is 5.32 Å². The van der Waals surface area contributed by atoms with E-state index in [0.29, 0.717) is 17.7 Å². The zero-order valence-electron chi connectivity index (χ0n) is 14.3. The van der Waals surface area contributed by atoms with E-state index in [0.717, 1.165) is 22.4 Å². The fraction of sp³-hybridized carbons (Fsp3) is 0.0476. The number of pyridine rings is 1. The summed E-state index contributed by atoms with van der Waals surface area (Å²) in [5.41, 5.74) is 3.70. The lowest BCUT2D eigenvalue weighted by Crippen LogP contribution is -2.22. The molecule has 0 saturated heterocycles. The van der Waals surface area contributed by atoms with Gasteiger partial charge in [-0.2, -0.15) is 5.26 Å². The minimum atomic E-state index is -0.225. The van der Waals surface area contributed by atoms with Gasteiger partial charge in [0.05, 0.1) is 22.7 Å². The molecule has 4 rings (SSSR count). The normalized spacial score (nSPS) is 10.5. The zero-order valence-corrected chi connectivity index (χ0v) is 14.3. The molecule has 2 aromatic heterocycles. The lowest BCUT2D eigenvalue weighted by molar-refractivity contribution is 0.0951. The Kier molecular flexibility index (Phi) is 4.33. The van der Waals surface area contributed by atoms with Gasteiger partial charge in [-0.3, -0.25) is 9.36 Å². The number of imidazole rings is 1. The zero-order chi connectivity index (χ0) is 18.6. The van der Waals surface area contributed by atoms with Gasteiger partial charge in [0.2, 0.25) is 0 Å². The average molecular weight is 353 g/mol. The minimum absolute atomic E-state index is 0.225. The standard InChI is InChI=1S/C21H15N5O/c22-11-15-4-3-5-17(10-15)21(27)24-13-16-8-9-20(23-12-16)26-14-25-18-6-1-2-7-19(18)26/h1-10,12,14H,13H2,(H,24,27). The molecule has 6 heteroatoms. The quantitative estimate of drug-likeness (QED) is 0.610. The van der Waals surface area contributed by atoms with E-state index in [1.165, 1.54) is 0 Å². The molecule has 0 aliphatic carbocycles. The highest BCUT2D eigenvalue weighted by Crippen LogP contribution is 2.16. The Balaban J connectivity index is 1.46. The Bertz CT molecular complexity index is 1160. The molecule has 0 aliphatic heterocycles. The van der Waals surface area contributed by atoms with Crippen molar-refractivity contribution >= 4 is 16.9 Å². The number of carbonyl (C=O) groups is 1. The molecule has 0 atom stereocenters. The smallest absolute Gasteiger partial charge is 0.251 e. The van der Waals surface area contributed by atoms with E-state index >= 15 is 0 Å². The fourth-order valence-corrected chi connectivity index (χ4v) is 2.82. The molecule has 0 radical (unpaired) electrons.